The highest BCUT2D eigenvalue weighted by molar-refractivity contribution is 5.87. The van der Waals surface area contributed by atoms with Gasteiger partial charge in [-0.05, 0) is 23.6 Å². The van der Waals surface area contributed by atoms with Crippen molar-refractivity contribution in [2.45, 2.75) is 25.4 Å². The lowest BCUT2D eigenvalue weighted by Gasteiger charge is -2.41. The summed E-state index contributed by atoms with van der Waals surface area (Å²) in [6.07, 6.45) is 1.77. The third-order valence-electron chi connectivity index (χ3n) is 6.05. The molecule has 172 valence electrons. The second-order valence-corrected chi connectivity index (χ2v) is 8.43. The highest BCUT2D eigenvalue weighted by Gasteiger charge is 2.44. The lowest BCUT2D eigenvalue weighted by molar-refractivity contribution is -0.165. The van der Waals surface area contributed by atoms with E-state index in [0.717, 1.165) is 16.7 Å². The van der Waals surface area contributed by atoms with Gasteiger partial charge >= 0.3 is 0 Å². The number of ether oxygens (including phenoxy) is 1. The van der Waals surface area contributed by atoms with Gasteiger partial charge in [0.2, 0.25) is 5.91 Å². The summed E-state index contributed by atoms with van der Waals surface area (Å²) in [5, 5.41) is 7.74. The van der Waals surface area contributed by atoms with Crippen LogP contribution in [0.25, 0.3) is 11.1 Å². The zero-order valence-electron chi connectivity index (χ0n) is 18.8. The summed E-state index contributed by atoms with van der Waals surface area (Å²) in [7, 11) is 1.57. The molecular weight excluding hydrogens is 420 g/mol. The number of carbonyl (C=O) groups excluding carboxylic acids is 2. The van der Waals surface area contributed by atoms with Crippen molar-refractivity contribution in [2.75, 3.05) is 26.7 Å². The fourth-order valence-corrected chi connectivity index (χ4v) is 4.23. The van der Waals surface area contributed by atoms with Crippen molar-refractivity contribution in [3.8, 4) is 11.1 Å². The highest BCUT2D eigenvalue weighted by atomic mass is 16.5. The van der Waals surface area contributed by atoms with Crippen molar-refractivity contribution in [1.82, 2.24) is 20.4 Å². The van der Waals surface area contributed by atoms with Crippen molar-refractivity contribution in [1.29, 1.82) is 0 Å². The van der Waals surface area contributed by atoms with E-state index < -0.39 is 5.60 Å². The zero-order chi connectivity index (χ0) is 23.4. The van der Waals surface area contributed by atoms with Crippen LogP contribution in [-0.4, -0.2) is 59.3 Å². The summed E-state index contributed by atoms with van der Waals surface area (Å²) in [4.78, 5) is 39.3. The number of morpholine rings is 1. The summed E-state index contributed by atoms with van der Waals surface area (Å²) in [6, 6.07) is 16.3. The van der Waals surface area contributed by atoms with Gasteiger partial charge in [-0.15, -0.1) is 0 Å². The number of aryl methyl sites for hydroxylation is 1. The minimum Gasteiger partial charge on any atom is -0.361 e. The molecule has 0 spiro atoms. The Labute approximate surface area is 191 Å². The summed E-state index contributed by atoms with van der Waals surface area (Å²) < 4.78 is 6.04. The molecule has 2 aromatic carbocycles. The Kier molecular flexibility index (Phi) is 6.46. The van der Waals surface area contributed by atoms with Crippen LogP contribution in [0.15, 0.2) is 59.5 Å². The lowest BCUT2D eigenvalue weighted by Crippen LogP contribution is -2.61. The molecule has 0 bridgehead atoms. The summed E-state index contributed by atoms with van der Waals surface area (Å²) in [5.74, 6) is -0.495. The number of hydrogen-bond acceptors (Lipinski definition) is 4. The Bertz CT molecular complexity index is 1200. The van der Waals surface area contributed by atoms with E-state index >= 15 is 0 Å². The monoisotopic (exact) mass is 448 g/mol. The number of benzene rings is 2. The number of amides is 2. The molecule has 2 amide bonds. The van der Waals surface area contributed by atoms with Gasteiger partial charge < -0.3 is 20.1 Å². The molecule has 1 aliphatic rings. The molecule has 3 aromatic rings. The Balaban J connectivity index is 1.57. The number of carbonyl (C=O) groups is 2. The van der Waals surface area contributed by atoms with E-state index in [1.54, 1.807) is 11.9 Å². The molecule has 1 atom stereocenters. The van der Waals surface area contributed by atoms with Crippen LogP contribution < -0.4 is 10.9 Å². The summed E-state index contributed by atoms with van der Waals surface area (Å²) in [5.41, 5.74) is 3.11. The Morgan fingerprint density at radius 2 is 1.94 bits per heavy atom. The number of likely N-dealkylation sites (N-methyl/N-ethyl adjacent to an activating group) is 1. The normalized spacial score (nSPS) is 18.2. The third-order valence-corrected chi connectivity index (χ3v) is 6.05. The van der Waals surface area contributed by atoms with Crippen LogP contribution in [-0.2, 0) is 27.2 Å². The summed E-state index contributed by atoms with van der Waals surface area (Å²) >= 11 is 0. The van der Waals surface area contributed by atoms with Gasteiger partial charge in [0.25, 0.3) is 11.5 Å². The van der Waals surface area contributed by atoms with Gasteiger partial charge in [0, 0.05) is 31.8 Å². The molecule has 0 saturated carbocycles. The van der Waals surface area contributed by atoms with E-state index in [4.69, 9.17) is 4.74 Å². The molecule has 0 radical (unpaired) electrons. The van der Waals surface area contributed by atoms with Crippen LogP contribution in [0.4, 0.5) is 0 Å². The first-order valence-electron chi connectivity index (χ1n) is 10.9. The molecule has 1 fully saturated rings. The molecule has 8 nitrogen and oxygen atoms in total. The van der Waals surface area contributed by atoms with Gasteiger partial charge in [0.1, 0.15) is 0 Å². The predicted molar refractivity (Wildman–Crippen MR) is 125 cm³/mol. The SMILES string of the molecule is CNC(=O)[C@]1(Cc2cccc(-c3ccc(C)cc3)c2)CN(C(=O)Cc2c[nH][nH]c2=O)CCO1. The van der Waals surface area contributed by atoms with Crippen LogP contribution in [0.5, 0.6) is 0 Å². The van der Waals surface area contributed by atoms with E-state index in [9.17, 15) is 14.4 Å². The average molecular weight is 449 g/mol. The Hall–Kier alpha value is -3.65. The molecule has 2 heterocycles. The van der Waals surface area contributed by atoms with E-state index in [2.05, 4.69) is 45.8 Å². The second kappa shape index (κ2) is 9.46. The molecule has 1 aliphatic heterocycles. The van der Waals surface area contributed by atoms with Crippen molar-refractivity contribution < 1.29 is 14.3 Å². The number of H-pyrrole nitrogens is 2. The third kappa shape index (κ3) is 4.90. The first-order valence-corrected chi connectivity index (χ1v) is 10.9. The Morgan fingerprint density at radius 1 is 1.15 bits per heavy atom. The number of nitrogens with one attached hydrogen (secondary N) is 3. The minimum absolute atomic E-state index is 0.0361. The first kappa shape index (κ1) is 22.5. The zero-order valence-corrected chi connectivity index (χ0v) is 18.8. The van der Waals surface area contributed by atoms with E-state index in [1.807, 2.05) is 25.1 Å². The van der Waals surface area contributed by atoms with Crippen molar-refractivity contribution in [2.24, 2.45) is 0 Å². The maximum Gasteiger partial charge on any atom is 0.267 e. The molecule has 33 heavy (non-hydrogen) atoms. The molecule has 0 aliphatic carbocycles. The van der Waals surface area contributed by atoms with Crippen molar-refractivity contribution in [3.05, 3.63) is 81.8 Å². The van der Waals surface area contributed by atoms with Crippen molar-refractivity contribution >= 4 is 11.8 Å². The van der Waals surface area contributed by atoms with Crippen molar-refractivity contribution in [3.63, 3.8) is 0 Å². The van der Waals surface area contributed by atoms with Crippen LogP contribution in [0, 0.1) is 6.92 Å². The topological polar surface area (TPSA) is 107 Å². The molecular formula is C25H28N4O4. The molecule has 8 heteroatoms. The van der Waals surface area contributed by atoms with Gasteiger partial charge in [-0.2, -0.15) is 0 Å². The molecule has 3 N–H and O–H groups in total. The Morgan fingerprint density at radius 3 is 2.64 bits per heavy atom. The van der Waals surface area contributed by atoms with Gasteiger partial charge in [-0.25, -0.2) is 0 Å². The fraction of sp³-hybridized carbons (Fsp3) is 0.320. The van der Waals surface area contributed by atoms with Gasteiger partial charge in [0.15, 0.2) is 5.60 Å². The number of aromatic amines is 2. The average Bonchev–Trinajstić information content (AvgIpc) is 3.23. The smallest absolute Gasteiger partial charge is 0.267 e. The molecule has 0 unspecified atom stereocenters. The standard InChI is InChI=1S/C25H28N4O4/c1-17-6-8-19(9-7-17)20-5-3-4-18(12-20)14-25(24(32)26-2)16-29(10-11-33-25)22(30)13-21-15-27-28-23(21)31/h3-9,12,15H,10-11,13-14,16H2,1-2H3,(H,26,32)(H2,27,28,31)/t25-/m0/s1. The predicted octanol–water partition coefficient (Wildman–Crippen LogP) is 1.81. The van der Waals surface area contributed by atoms with Gasteiger partial charge in [-0.3, -0.25) is 19.5 Å². The number of aromatic nitrogens is 2. The maximum absolute atomic E-state index is 13.0. The quantitative estimate of drug-likeness (QED) is 0.535. The minimum atomic E-state index is -1.21. The summed E-state index contributed by atoms with van der Waals surface area (Å²) in [6.45, 7) is 2.76. The molecule has 1 saturated heterocycles. The number of nitrogens with zero attached hydrogens (tertiary/aromatic N) is 1. The van der Waals surface area contributed by atoms with E-state index in [0.29, 0.717) is 18.5 Å². The fourth-order valence-electron chi connectivity index (χ4n) is 4.23. The second-order valence-electron chi connectivity index (χ2n) is 8.43. The molecule has 4 rings (SSSR count). The van der Waals surface area contributed by atoms with E-state index in [1.165, 1.54) is 11.8 Å². The lowest BCUT2D eigenvalue weighted by atomic mass is 9.89. The van der Waals surface area contributed by atoms with Crippen LogP contribution in [0.1, 0.15) is 16.7 Å². The van der Waals surface area contributed by atoms with Crippen LogP contribution in [0.3, 0.4) is 0 Å². The van der Waals surface area contributed by atoms with Crippen LogP contribution >= 0.6 is 0 Å². The number of rotatable bonds is 6. The highest BCUT2D eigenvalue weighted by Crippen LogP contribution is 2.27. The van der Waals surface area contributed by atoms with Gasteiger partial charge in [0.05, 0.1) is 19.6 Å². The first-order chi connectivity index (χ1) is 15.9. The maximum atomic E-state index is 13.0. The van der Waals surface area contributed by atoms with Gasteiger partial charge in [-0.1, -0.05) is 54.1 Å². The molecule has 1 aromatic heterocycles. The largest absolute Gasteiger partial charge is 0.361 e. The van der Waals surface area contributed by atoms with E-state index in [-0.39, 0.29) is 36.9 Å². The van der Waals surface area contributed by atoms with Crippen LogP contribution in [0.2, 0.25) is 0 Å². The number of hydrogen-bond donors (Lipinski definition) is 3.